The molecule has 5 heteroatoms. The van der Waals surface area contributed by atoms with Crippen LogP contribution in [0.2, 0.25) is 0 Å². The van der Waals surface area contributed by atoms with E-state index in [9.17, 15) is 9.18 Å². The summed E-state index contributed by atoms with van der Waals surface area (Å²) >= 11 is 0. The fourth-order valence-electron chi connectivity index (χ4n) is 1.87. The molecule has 0 aliphatic carbocycles. The van der Waals surface area contributed by atoms with Crippen molar-refractivity contribution in [2.45, 2.75) is 0 Å². The van der Waals surface area contributed by atoms with Crippen LogP contribution in [0.3, 0.4) is 0 Å². The van der Waals surface area contributed by atoms with Gasteiger partial charge in [0.15, 0.2) is 0 Å². The largest absolute Gasteiger partial charge is 0.478 e. The summed E-state index contributed by atoms with van der Waals surface area (Å²) in [6.45, 7) is 0. The number of nitrogens with zero attached hydrogens (tertiary/aromatic N) is 2. The standard InChI is InChI=1S/C15H11FN2O2/c1-18(12-5-2-10(9-17)3-6-12)14-7-4-11(16)8-13(14)15(19)20/h2-8H,1H3,(H,19,20). The zero-order valence-electron chi connectivity index (χ0n) is 10.7. The highest BCUT2D eigenvalue weighted by atomic mass is 19.1. The van der Waals surface area contributed by atoms with Crippen LogP contribution in [0.1, 0.15) is 15.9 Å². The molecule has 0 saturated heterocycles. The van der Waals surface area contributed by atoms with E-state index >= 15 is 0 Å². The molecule has 0 atom stereocenters. The predicted octanol–water partition coefficient (Wildman–Crippen LogP) is 3.16. The number of carboxylic acid groups (broad SMARTS) is 1. The molecule has 0 radical (unpaired) electrons. The Labute approximate surface area is 115 Å². The van der Waals surface area contributed by atoms with Gasteiger partial charge in [0.2, 0.25) is 0 Å². The molecule has 0 amide bonds. The highest BCUT2D eigenvalue weighted by Crippen LogP contribution is 2.27. The van der Waals surface area contributed by atoms with Gasteiger partial charge >= 0.3 is 5.97 Å². The van der Waals surface area contributed by atoms with Gasteiger partial charge in [0.05, 0.1) is 22.9 Å². The first-order chi connectivity index (χ1) is 9.52. The van der Waals surface area contributed by atoms with E-state index in [-0.39, 0.29) is 5.56 Å². The maximum absolute atomic E-state index is 13.2. The Kier molecular flexibility index (Phi) is 3.67. The van der Waals surface area contributed by atoms with Gasteiger partial charge in [-0.25, -0.2) is 9.18 Å². The lowest BCUT2D eigenvalue weighted by atomic mass is 10.1. The molecule has 0 aliphatic heterocycles. The maximum Gasteiger partial charge on any atom is 0.337 e. The van der Waals surface area contributed by atoms with Crippen molar-refractivity contribution in [2.75, 3.05) is 11.9 Å². The van der Waals surface area contributed by atoms with Crippen LogP contribution in [-0.4, -0.2) is 18.1 Å². The Morgan fingerprint density at radius 3 is 2.45 bits per heavy atom. The summed E-state index contributed by atoms with van der Waals surface area (Å²) in [7, 11) is 1.68. The molecular formula is C15H11FN2O2. The normalized spacial score (nSPS) is 9.85. The smallest absolute Gasteiger partial charge is 0.337 e. The van der Waals surface area contributed by atoms with Gasteiger partial charge < -0.3 is 10.0 Å². The molecule has 0 bridgehead atoms. The first-order valence-corrected chi connectivity index (χ1v) is 5.79. The summed E-state index contributed by atoms with van der Waals surface area (Å²) in [6, 6.07) is 12.3. The van der Waals surface area contributed by atoms with E-state index in [0.717, 1.165) is 6.07 Å². The van der Waals surface area contributed by atoms with E-state index in [1.807, 2.05) is 6.07 Å². The number of nitriles is 1. The Morgan fingerprint density at radius 2 is 1.90 bits per heavy atom. The molecule has 2 aromatic rings. The van der Waals surface area contributed by atoms with Crippen LogP contribution in [0.25, 0.3) is 0 Å². The second-order valence-electron chi connectivity index (χ2n) is 4.18. The maximum atomic E-state index is 13.2. The second-order valence-corrected chi connectivity index (χ2v) is 4.18. The van der Waals surface area contributed by atoms with Crippen molar-refractivity contribution in [3.8, 4) is 6.07 Å². The van der Waals surface area contributed by atoms with Crippen LogP contribution in [0.4, 0.5) is 15.8 Å². The van der Waals surface area contributed by atoms with E-state index < -0.39 is 11.8 Å². The van der Waals surface area contributed by atoms with E-state index in [4.69, 9.17) is 10.4 Å². The Morgan fingerprint density at radius 1 is 1.25 bits per heavy atom. The highest BCUT2D eigenvalue weighted by molar-refractivity contribution is 5.95. The summed E-state index contributed by atoms with van der Waals surface area (Å²) in [5.74, 6) is -1.79. The Bertz CT molecular complexity index is 690. The van der Waals surface area contributed by atoms with E-state index in [2.05, 4.69) is 0 Å². The zero-order valence-corrected chi connectivity index (χ0v) is 10.7. The monoisotopic (exact) mass is 270 g/mol. The molecule has 0 heterocycles. The molecule has 0 fully saturated rings. The Balaban J connectivity index is 2.44. The summed E-state index contributed by atoms with van der Waals surface area (Å²) in [6.07, 6.45) is 0. The number of anilines is 2. The second kappa shape index (κ2) is 5.41. The summed E-state index contributed by atoms with van der Waals surface area (Å²) in [4.78, 5) is 12.8. The number of hydrogen-bond donors (Lipinski definition) is 1. The van der Waals surface area contributed by atoms with Gasteiger partial charge in [0, 0.05) is 12.7 Å². The van der Waals surface area contributed by atoms with Crippen LogP contribution >= 0.6 is 0 Å². The number of carbonyl (C=O) groups is 1. The van der Waals surface area contributed by atoms with Crippen LogP contribution in [0.5, 0.6) is 0 Å². The lowest BCUT2D eigenvalue weighted by Crippen LogP contribution is -2.14. The van der Waals surface area contributed by atoms with Gasteiger partial charge in [-0.15, -0.1) is 0 Å². The van der Waals surface area contributed by atoms with E-state index in [1.165, 1.54) is 12.1 Å². The molecule has 1 N–H and O–H groups in total. The molecule has 4 nitrogen and oxygen atoms in total. The molecule has 0 aliphatic rings. The van der Waals surface area contributed by atoms with Crippen LogP contribution in [-0.2, 0) is 0 Å². The number of rotatable bonds is 3. The first kappa shape index (κ1) is 13.6. The van der Waals surface area contributed by atoms with E-state index in [0.29, 0.717) is 16.9 Å². The van der Waals surface area contributed by atoms with E-state index in [1.54, 1.807) is 36.2 Å². The lowest BCUT2D eigenvalue weighted by Gasteiger charge is -2.21. The van der Waals surface area contributed by atoms with Crippen molar-refractivity contribution >= 4 is 17.3 Å². The van der Waals surface area contributed by atoms with Gasteiger partial charge in [0.25, 0.3) is 0 Å². The number of halogens is 1. The molecule has 0 unspecified atom stereocenters. The average molecular weight is 270 g/mol. The van der Waals surface area contributed by atoms with Gasteiger partial charge in [0.1, 0.15) is 5.82 Å². The molecule has 2 aromatic carbocycles. The SMILES string of the molecule is CN(c1ccc(C#N)cc1)c1ccc(F)cc1C(=O)O. The van der Waals surface area contributed by atoms with Gasteiger partial charge in [-0.1, -0.05) is 0 Å². The third-order valence-corrected chi connectivity index (χ3v) is 2.93. The summed E-state index contributed by atoms with van der Waals surface area (Å²) in [5.41, 5.74) is 1.48. The lowest BCUT2D eigenvalue weighted by molar-refractivity contribution is 0.0697. The molecule has 100 valence electrons. The van der Waals surface area contributed by atoms with Crippen molar-refractivity contribution in [3.63, 3.8) is 0 Å². The fraction of sp³-hybridized carbons (Fsp3) is 0.0667. The zero-order chi connectivity index (χ0) is 14.7. The molecule has 0 aromatic heterocycles. The highest BCUT2D eigenvalue weighted by Gasteiger charge is 2.15. The number of carboxylic acids is 1. The fourth-order valence-corrected chi connectivity index (χ4v) is 1.87. The van der Waals surface area contributed by atoms with Crippen molar-refractivity contribution in [2.24, 2.45) is 0 Å². The quantitative estimate of drug-likeness (QED) is 0.930. The van der Waals surface area contributed by atoms with Crippen LogP contribution in [0.15, 0.2) is 42.5 Å². The topological polar surface area (TPSA) is 64.3 Å². The molecule has 20 heavy (non-hydrogen) atoms. The van der Waals surface area contributed by atoms with Crippen molar-refractivity contribution < 1.29 is 14.3 Å². The minimum atomic E-state index is -1.19. The van der Waals surface area contributed by atoms with Crippen molar-refractivity contribution in [1.29, 1.82) is 5.26 Å². The van der Waals surface area contributed by atoms with Gasteiger partial charge in [-0.2, -0.15) is 5.26 Å². The van der Waals surface area contributed by atoms with Crippen molar-refractivity contribution in [1.82, 2.24) is 0 Å². The Hall–Kier alpha value is -2.87. The minimum absolute atomic E-state index is 0.114. The van der Waals surface area contributed by atoms with Crippen LogP contribution in [0, 0.1) is 17.1 Å². The molecule has 0 saturated carbocycles. The molecular weight excluding hydrogens is 259 g/mol. The first-order valence-electron chi connectivity index (χ1n) is 5.79. The average Bonchev–Trinajstić information content (AvgIpc) is 2.46. The molecule has 0 spiro atoms. The third kappa shape index (κ3) is 2.59. The van der Waals surface area contributed by atoms with Crippen LogP contribution < -0.4 is 4.90 Å². The summed E-state index contributed by atoms with van der Waals surface area (Å²) in [5, 5.41) is 17.9. The third-order valence-electron chi connectivity index (χ3n) is 2.93. The minimum Gasteiger partial charge on any atom is -0.478 e. The van der Waals surface area contributed by atoms with Gasteiger partial charge in [-0.3, -0.25) is 0 Å². The number of hydrogen-bond acceptors (Lipinski definition) is 3. The van der Waals surface area contributed by atoms with Gasteiger partial charge in [-0.05, 0) is 42.5 Å². The molecule has 2 rings (SSSR count). The summed E-state index contributed by atoms with van der Waals surface area (Å²) < 4.78 is 13.2. The number of benzene rings is 2. The predicted molar refractivity (Wildman–Crippen MR) is 72.6 cm³/mol. The number of aromatic carboxylic acids is 1. The van der Waals surface area contributed by atoms with Crippen molar-refractivity contribution in [3.05, 3.63) is 59.4 Å².